The van der Waals surface area contributed by atoms with Gasteiger partial charge in [-0.05, 0) is 52.2 Å². The molecule has 1 fully saturated rings. The second kappa shape index (κ2) is 12.1. The summed E-state index contributed by atoms with van der Waals surface area (Å²) >= 11 is 0. The van der Waals surface area contributed by atoms with E-state index in [0.717, 1.165) is 25.1 Å². The van der Waals surface area contributed by atoms with E-state index in [1.54, 1.807) is 11.1 Å². The third-order valence-electron chi connectivity index (χ3n) is 4.63. The second-order valence-corrected chi connectivity index (χ2v) is 8.29. The first-order valence-corrected chi connectivity index (χ1v) is 11.1. The molecule has 0 aliphatic carbocycles. The second-order valence-electron chi connectivity index (χ2n) is 8.29. The zero-order valence-electron chi connectivity index (χ0n) is 20.0. The first-order chi connectivity index (χ1) is 14.6. The van der Waals surface area contributed by atoms with Gasteiger partial charge in [0.15, 0.2) is 0 Å². The fourth-order valence-corrected chi connectivity index (χ4v) is 3.20. The molecular formula is C24H39N5O2. The van der Waals surface area contributed by atoms with E-state index in [2.05, 4.69) is 29.1 Å². The van der Waals surface area contributed by atoms with Crippen molar-refractivity contribution in [3.63, 3.8) is 0 Å². The molecule has 7 nitrogen and oxygen atoms in total. The molecule has 0 atom stereocenters. The minimum Gasteiger partial charge on any atom is -0.367 e. The molecule has 0 radical (unpaired) electrons. The van der Waals surface area contributed by atoms with Crippen molar-refractivity contribution in [3.05, 3.63) is 48.6 Å². The number of carbonyl (C=O) groups excluding carboxylic acids is 2. The number of allylic oxidation sites excluding steroid dienone is 2. The van der Waals surface area contributed by atoms with Gasteiger partial charge in [0.25, 0.3) is 5.91 Å². The van der Waals surface area contributed by atoms with E-state index in [-0.39, 0.29) is 23.4 Å². The lowest BCUT2D eigenvalue weighted by atomic mass is 10.0. The largest absolute Gasteiger partial charge is 0.367 e. The predicted molar refractivity (Wildman–Crippen MR) is 128 cm³/mol. The molecule has 0 saturated carbocycles. The molecular weight excluding hydrogens is 390 g/mol. The van der Waals surface area contributed by atoms with Crippen molar-refractivity contribution in [1.82, 2.24) is 20.9 Å². The molecule has 0 aromatic rings. The average Bonchev–Trinajstić information content (AvgIpc) is 3.09. The number of amides is 2. The summed E-state index contributed by atoms with van der Waals surface area (Å²) in [6.07, 6.45) is 7.47. The molecule has 3 N–H and O–H groups in total. The summed E-state index contributed by atoms with van der Waals surface area (Å²) in [6, 6.07) is 0.212. The molecule has 2 rings (SSSR count). The van der Waals surface area contributed by atoms with Crippen LogP contribution in [0.15, 0.2) is 53.6 Å². The molecule has 172 valence electrons. The van der Waals surface area contributed by atoms with E-state index in [4.69, 9.17) is 4.99 Å². The lowest BCUT2D eigenvalue weighted by molar-refractivity contribution is -0.127. The summed E-state index contributed by atoms with van der Waals surface area (Å²) < 4.78 is 0. The SMILES string of the molecule is C=CC(=O)N1CCC(NC(=C/CC)/N=C2\C(=C)NC=C2C(=O)NC(C)(C)C)CC1.CC. The highest BCUT2D eigenvalue weighted by molar-refractivity contribution is 6.29. The third-order valence-corrected chi connectivity index (χ3v) is 4.63. The maximum absolute atomic E-state index is 12.6. The van der Waals surface area contributed by atoms with Crippen molar-refractivity contribution in [2.75, 3.05) is 13.1 Å². The molecule has 0 aromatic carbocycles. The minimum absolute atomic E-state index is 0.0269. The number of hydrogen-bond acceptors (Lipinski definition) is 5. The smallest absolute Gasteiger partial charge is 0.255 e. The van der Waals surface area contributed by atoms with E-state index in [0.29, 0.717) is 30.1 Å². The Morgan fingerprint density at radius 2 is 1.90 bits per heavy atom. The van der Waals surface area contributed by atoms with Gasteiger partial charge in [0.1, 0.15) is 11.5 Å². The molecule has 1 saturated heterocycles. The number of nitrogens with zero attached hydrogens (tertiary/aromatic N) is 2. The Hall–Kier alpha value is -2.83. The summed E-state index contributed by atoms with van der Waals surface area (Å²) in [7, 11) is 0. The van der Waals surface area contributed by atoms with E-state index in [1.165, 1.54) is 6.08 Å². The van der Waals surface area contributed by atoms with Crippen LogP contribution in [0.1, 0.15) is 60.8 Å². The van der Waals surface area contributed by atoms with Crippen LogP contribution in [-0.2, 0) is 9.59 Å². The van der Waals surface area contributed by atoms with Crippen LogP contribution in [0.2, 0.25) is 0 Å². The fraction of sp³-hybridized carbons (Fsp3) is 0.542. The van der Waals surface area contributed by atoms with Crippen LogP contribution in [0.3, 0.4) is 0 Å². The normalized spacial score (nSPS) is 18.6. The zero-order chi connectivity index (χ0) is 23.6. The number of carbonyl (C=O) groups is 2. The molecule has 2 heterocycles. The van der Waals surface area contributed by atoms with Crippen LogP contribution in [0, 0.1) is 0 Å². The Bertz CT molecular complexity index is 763. The highest BCUT2D eigenvalue weighted by atomic mass is 16.2. The highest BCUT2D eigenvalue weighted by Gasteiger charge is 2.27. The number of hydrogen-bond donors (Lipinski definition) is 3. The Morgan fingerprint density at radius 1 is 1.29 bits per heavy atom. The number of rotatable bonds is 6. The van der Waals surface area contributed by atoms with Gasteiger partial charge < -0.3 is 20.9 Å². The first-order valence-electron chi connectivity index (χ1n) is 11.1. The molecule has 0 spiro atoms. The van der Waals surface area contributed by atoms with Crippen molar-refractivity contribution in [2.24, 2.45) is 4.99 Å². The van der Waals surface area contributed by atoms with Gasteiger partial charge in [0.05, 0.1) is 11.3 Å². The van der Waals surface area contributed by atoms with Crippen molar-refractivity contribution in [2.45, 2.75) is 72.4 Å². The van der Waals surface area contributed by atoms with Crippen molar-refractivity contribution in [1.29, 1.82) is 0 Å². The minimum atomic E-state index is -0.343. The van der Waals surface area contributed by atoms with Crippen LogP contribution in [0.5, 0.6) is 0 Å². The Balaban J connectivity index is 0.00000233. The highest BCUT2D eigenvalue weighted by Crippen LogP contribution is 2.18. The molecule has 0 unspecified atom stereocenters. The monoisotopic (exact) mass is 429 g/mol. The van der Waals surface area contributed by atoms with Gasteiger partial charge in [-0.1, -0.05) is 33.9 Å². The van der Waals surface area contributed by atoms with E-state index in [1.807, 2.05) is 47.6 Å². The molecule has 2 aliphatic heterocycles. The van der Waals surface area contributed by atoms with Gasteiger partial charge in [-0.15, -0.1) is 0 Å². The number of aliphatic imine (C=N–C) groups is 1. The molecule has 31 heavy (non-hydrogen) atoms. The van der Waals surface area contributed by atoms with E-state index in [9.17, 15) is 9.59 Å². The summed E-state index contributed by atoms with van der Waals surface area (Å²) in [5.41, 5.74) is 1.27. The van der Waals surface area contributed by atoms with Gasteiger partial charge in [-0.25, -0.2) is 4.99 Å². The van der Waals surface area contributed by atoms with Gasteiger partial charge in [0.2, 0.25) is 5.91 Å². The summed E-state index contributed by atoms with van der Waals surface area (Å²) in [4.78, 5) is 30.9. The summed E-state index contributed by atoms with van der Waals surface area (Å²) in [5, 5.41) is 9.44. The van der Waals surface area contributed by atoms with Crippen molar-refractivity contribution in [3.8, 4) is 0 Å². The lowest BCUT2D eigenvalue weighted by Gasteiger charge is -2.32. The van der Waals surface area contributed by atoms with Crippen LogP contribution in [-0.4, -0.2) is 47.1 Å². The molecule has 7 heteroatoms. The average molecular weight is 430 g/mol. The summed E-state index contributed by atoms with van der Waals surface area (Å²) in [6.45, 7) is 20.8. The standard InChI is InChI=1S/C22H33N5O2.C2H6/c1-7-9-18(24-16-10-12-27(13-11-16)19(28)8-2)25-20-15(3)23-14-17(20)21(29)26-22(4,5)6;1-2/h8-9,14,16,23-24H,2-3,7,10-13H2,1,4-6H3,(H,26,29);1-2H3/b18-9-,25-20+;. The number of nitrogens with one attached hydrogen (secondary N) is 3. The van der Waals surface area contributed by atoms with E-state index >= 15 is 0 Å². The predicted octanol–water partition coefficient (Wildman–Crippen LogP) is 3.39. The Morgan fingerprint density at radius 3 is 2.42 bits per heavy atom. The van der Waals surface area contributed by atoms with Crippen LogP contribution >= 0.6 is 0 Å². The van der Waals surface area contributed by atoms with E-state index < -0.39 is 0 Å². The molecule has 0 aromatic heterocycles. The van der Waals surface area contributed by atoms with Crippen molar-refractivity contribution >= 4 is 17.5 Å². The maximum atomic E-state index is 12.6. The summed E-state index contributed by atoms with van der Waals surface area (Å²) in [5.74, 6) is 0.505. The maximum Gasteiger partial charge on any atom is 0.255 e. The number of piperidine rings is 1. The fourth-order valence-electron chi connectivity index (χ4n) is 3.20. The van der Waals surface area contributed by atoms with Gasteiger partial charge in [-0.2, -0.15) is 0 Å². The van der Waals surface area contributed by atoms with Gasteiger partial charge in [0, 0.05) is 30.9 Å². The van der Waals surface area contributed by atoms with Crippen LogP contribution in [0.4, 0.5) is 0 Å². The molecule has 2 aliphatic rings. The van der Waals surface area contributed by atoms with Crippen LogP contribution in [0.25, 0.3) is 0 Å². The topological polar surface area (TPSA) is 85.8 Å². The molecule has 0 bridgehead atoms. The van der Waals surface area contributed by atoms with Crippen molar-refractivity contribution < 1.29 is 9.59 Å². The Kier molecular flexibility index (Phi) is 10.3. The Labute approximate surface area is 187 Å². The lowest BCUT2D eigenvalue weighted by Crippen LogP contribution is -2.44. The first kappa shape index (κ1) is 26.2. The molecule has 2 amide bonds. The quantitative estimate of drug-likeness (QED) is 0.565. The van der Waals surface area contributed by atoms with Gasteiger partial charge in [-0.3, -0.25) is 9.59 Å². The van der Waals surface area contributed by atoms with Gasteiger partial charge >= 0.3 is 0 Å². The number of likely N-dealkylation sites (tertiary alicyclic amines) is 1. The third kappa shape index (κ3) is 8.07. The zero-order valence-corrected chi connectivity index (χ0v) is 20.0. The van der Waals surface area contributed by atoms with Crippen LogP contribution < -0.4 is 16.0 Å².